The Balaban J connectivity index is 1.98. The monoisotopic (exact) mass is 206 g/mol. The molecule has 2 N–H and O–H groups in total. The van der Waals surface area contributed by atoms with Crippen molar-refractivity contribution in [1.29, 1.82) is 0 Å². The van der Waals surface area contributed by atoms with Gasteiger partial charge in [-0.15, -0.1) is 0 Å². The number of aliphatic hydroxyl groups excluding tert-OH is 2. The average Bonchev–Trinajstić information content (AvgIpc) is 2.85. The molecule has 0 saturated carbocycles. The standard InChI is InChI=1S/C8H14O6/c9-1-5-7(13-3-11-5)8-6(2-10)12-4-14-8/h5-10H,1-4H2/t5-,6-,7-,8-/m0/s1. The Bertz CT molecular complexity index is 167. The highest BCUT2D eigenvalue weighted by Gasteiger charge is 2.43. The van der Waals surface area contributed by atoms with Crippen LogP contribution in [-0.4, -0.2) is 61.4 Å². The van der Waals surface area contributed by atoms with Crippen LogP contribution in [0.25, 0.3) is 0 Å². The fourth-order valence-electron chi connectivity index (χ4n) is 1.74. The van der Waals surface area contributed by atoms with Gasteiger partial charge < -0.3 is 29.2 Å². The smallest absolute Gasteiger partial charge is 0.147 e. The second kappa shape index (κ2) is 4.52. The van der Waals surface area contributed by atoms with Gasteiger partial charge in [-0.2, -0.15) is 0 Å². The van der Waals surface area contributed by atoms with E-state index in [1.54, 1.807) is 0 Å². The van der Waals surface area contributed by atoms with Gasteiger partial charge in [0.2, 0.25) is 0 Å². The zero-order valence-electron chi connectivity index (χ0n) is 7.67. The molecule has 2 heterocycles. The van der Waals surface area contributed by atoms with Crippen LogP contribution < -0.4 is 0 Å². The molecule has 0 aromatic carbocycles. The number of hydrogen-bond acceptors (Lipinski definition) is 6. The van der Waals surface area contributed by atoms with Crippen molar-refractivity contribution < 1.29 is 29.2 Å². The molecule has 2 fully saturated rings. The molecule has 82 valence electrons. The van der Waals surface area contributed by atoms with Crippen molar-refractivity contribution in [2.24, 2.45) is 0 Å². The molecule has 2 aliphatic rings. The Morgan fingerprint density at radius 3 is 1.57 bits per heavy atom. The average molecular weight is 206 g/mol. The normalized spacial score (nSPS) is 43.3. The van der Waals surface area contributed by atoms with Crippen LogP contribution in [0.3, 0.4) is 0 Å². The molecule has 0 aromatic heterocycles. The lowest BCUT2D eigenvalue weighted by molar-refractivity contribution is -0.0380. The Morgan fingerprint density at radius 1 is 0.786 bits per heavy atom. The molecular weight excluding hydrogens is 192 g/mol. The summed E-state index contributed by atoms with van der Waals surface area (Å²) in [4.78, 5) is 0. The highest BCUT2D eigenvalue weighted by atomic mass is 16.8. The van der Waals surface area contributed by atoms with Gasteiger partial charge in [0, 0.05) is 0 Å². The maximum absolute atomic E-state index is 8.99. The lowest BCUT2D eigenvalue weighted by Crippen LogP contribution is -2.44. The second-order valence-electron chi connectivity index (χ2n) is 3.27. The van der Waals surface area contributed by atoms with Crippen molar-refractivity contribution in [3.8, 4) is 0 Å². The first-order valence-corrected chi connectivity index (χ1v) is 4.55. The van der Waals surface area contributed by atoms with Crippen LogP contribution in [-0.2, 0) is 18.9 Å². The quantitative estimate of drug-likeness (QED) is 0.582. The number of aliphatic hydroxyl groups is 2. The summed E-state index contributed by atoms with van der Waals surface area (Å²) < 4.78 is 20.8. The molecule has 14 heavy (non-hydrogen) atoms. The van der Waals surface area contributed by atoms with Crippen molar-refractivity contribution in [2.45, 2.75) is 24.4 Å². The lowest BCUT2D eigenvalue weighted by Gasteiger charge is -2.23. The van der Waals surface area contributed by atoms with Crippen LogP contribution in [0.2, 0.25) is 0 Å². The van der Waals surface area contributed by atoms with E-state index in [2.05, 4.69) is 0 Å². The van der Waals surface area contributed by atoms with Gasteiger partial charge in [0.05, 0.1) is 13.2 Å². The van der Waals surface area contributed by atoms with E-state index in [1.165, 1.54) is 0 Å². The Hall–Kier alpha value is -0.240. The number of hydrogen-bond donors (Lipinski definition) is 2. The van der Waals surface area contributed by atoms with E-state index in [9.17, 15) is 0 Å². The van der Waals surface area contributed by atoms with Crippen molar-refractivity contribution in [3.05, 3.63) is 0 Å². The maximum Gasteiger partial charge on any atom is 0.147 e. The van der Waals surface area contributed by atoms with E-state index in [0.29, 0.717) is 0 Å². The van der Waals surface area contributed by atoms with Crippen LogP contribution in [0, 0.1) is 0 Å². The van der Waals surface area contributed by atoms with Crippen LogP contribution >= 0.6 is 0 Å². The molecule has 0 amide bonds. The Kier molecular flexibility index (Phi) is 3.32. The minimum Gasteiger partial charge on any atom is -0.394 e. The first kappa shape index (κ1) is 10.3. The molecule has 2 saturated heterocycles. The highest BCUT2D eigenvalue weighted by Crippen LogP contribution is 2.25. The fourth-order valence-corrected chi connectivity index (χ4v) is 1.74. The zero-order valence-corrected chi connectivity index (χ0v) is 7.67. The van der Waals surface area contributed by atoms with Gasteiger partial charge in [-0.25, -0.2) is 0 Å². The summed E-state index contributed by atoms with van der Waals surface area (Å²) in [5.74, 6) is 0. The molecule has 2 aliphatic heterocycles. The van der Waals surface area contributed by atoms with E-state index in [0.717, 1.165) is 0 Å². The fraction of sp³-hybridized carbons (Fsp3) is 1.00. The third-order valence-corrected chi connectivity index (χ3v) is 2.50. The molecule has 2 rings (SSSR count). The summed E-state index contributed by atoms with van der Waals surface area (Å²) in [6.45, 7) is 0.0488. The summed E-state index contributed by atoms with van der Waals surface area (Å²) in [6.07, 6.45) is -1.51. The Morgan fingerprint density at radius 2 is 1.21 bits per heavy atom. The van der Waals surface area contributed by atoms with Gasteiger partial charge in [0.15, 0.2) is 0 Å². The van der Waals surface area contributed by atoms with E-state index in [-0.39, 0.29) is 39.0 Å². The molecule has 0 radical (unpaired) electrons. The molecule has 0 spiro atoms. The molecule has 6 heteroatoms. The van der Waals surface area contributed by atoms with Crippen molar-refractivity contribution in [1.82, 2.24) is 0 Å². The topological polar surface area (TPSA) is 77.4 Å². The molecule has 6 nitrogen and oxygen atoms in total. The predicted octanol–water partition coefficient (Wildman–Crippen LogP) is -1.55. The second-order valence-corrected chi connectivity index (χ2v) is 3.27. The van der Waals surface area contributed by atoms with E-state index in [4.69, 9.17) is 29.2 Å². The van der Waals surface area contributed by atoms with E-state index >= 15 is 0 Å². The summed E-state index contributed by atoms with van der Waals surface area (Å²) in [5.41, 5.74) is 0. The molecule has 4 atom stereocenters. The van der Waals surface area contributed by atoms with E-state index in [1.807, 2.05) is 0 Å². The molecular formula is C8H14O6. The number of ether oxygens (including phenoxy) is 4. The first-order chi connectivity index (χ1) is 6.86. The molecule has 0 bridgehead atoms. The predicted molar refractivity (Wildman–Crippen MR) is 43.4 cm³/mol. The van der Waals surface area contributed by atoms with Gasteiger partial charge in [0.1, 0.15) is 38.0 Å². The van der Waals surface area contributed by atoms with Crippen molar-refractivity contribution >= 4 is 0 Å². The number of rotatable bonds is 3. The summed E-state index contributed by atoms with van der Waals surface area (Å²) in [6, 6.07) is 0. The highest BCUT2D eigenvalue weighted by molar-refractivity contribution is 4.88. The van der Waals surface area contributed by atoms with Gasteiger partial charge >= 0.3 is 0 Å². The molecule has 0 aliphatic carbocycles. The van der Waals surface area contributed by atoms with Gasteiger partial charge in [-0.05, 0) is 0 Å². The van der Waals surface area contributed by atoms with Gasteiger partial charge in [-0.1, -0.05) is 0 Å². The summed E-state index contributed by atoms with van der Waals surface area (Å²) >= 11 is 0. The van der Waals surface area contributed by atoms with Crippen LogP contribution in [0.5, 0.6) is 0 Å². The third kappa shape index (κ3) is 1.77. The van der Waals surface area contributed by atoms with Crippen LogP contribution in [0.1, 0.15) is 0 Å². The van der Waals surface area contributed by atoms with E-state index < -0.39 is 12.2 Å². The third-order valence-electron chi connectivity index (χ3n) is 2.50. The summed E-state index contributed by atoms with van der Waals surface area (Å²) in [5, 5.41) is 18.0. The van der Waals surface area contributed by atoms with Crippen LogP contribution in [0.4, 0.5) is 0 Å². The minimum atomic E-state index is -0.393. The summed E-state index contributed by atoms with van der Waals surface area (Å²) in [7, 11) is 0. The lowest BCUT2D eigenvalue weighted by atomic mass is 10.0. The SMILES string of the molecule is OC[C@@H]1OCO[C@@H]1[C@H]1OCO[C@H]1CO. The van der Waals surface area contributed by atoms with Crippen molar-refractivity contribution in [2.75, 3.05) is 26.8 Å². The first-order valence-electron chi connectivity index (χ1n) is 4.55. The van der Waals surface area contributed by atoms with Crippen molar-refractivity contribution in [3.63, 3.8) is 0 Å². The molecule has 0 aromatic rings. The minimum absolute atomic E-state index is 0.122. The maximum atomic E-state index is 8.99. The van der Waals surface area contributed by atoms with Gasteiger partial charge in [-0.3, -0.25) is 0 Å². The molecule has 0 unspecified atom stereocenters. The largest absolute Gasteiger partial charge is 0.394 e. The Labute approximate surface area is 81.3 Å². The van der Waals surface area contributed by atoms with Gasteiger partial charge in [0.25, 0.3) is 0 Å². The van der Waals surface area contributed by atoms with Crippen LogP contribution in [0.15, 0.2) is 0 Å². The zero-order chi connectivity index (χ0) is 9.97.